The van der Waals surface area contributed by atoms with E-state index in [0.717, 1.165) is 22.4 Å². The molecule has 0 atom stereocenters. The predicted molar refractivity (Wildman–Crippen MR) is 101 cm³/mol. The molecular weight excluding hydrogens is 355 g/mol. The van der Waals surface area contributed by atoms with E-state index >= 15 is 0 Å². The number of rotatable bonds is 3. The van der Waals surface area contributed by atoms with Crippen LogP contribution in [0, 0.1) is 0 Å². The average Bonchev–Trinajstić information content (AvgIpc) is 3.07. The Kier molecular flexibility index (Phi) is 4.04. The molecule has 0 spiro atoms. The van der Waals surface area contributed by atoms with Crippen molar-refractivity contribution in [2.24, 2.45) is 0 Å². The minimum Gasteiger partial charge on any atom is -0.338 e. The van der Waals surface area contributed by atoms with Gasteiger partial charge in [0, 0.05) is 21.7 Å². The number of carbonyl (C=O) groups is 1. The van der Waals surface area contributed by atoms with Gasteiger partial charge in [0.2, 0.25) is 0 Å². The highest BCUT2D eigenvalue weighted by Gasteiger charge is 2.14. The fourth-order valence-corrected chi connectivity index (χ4v) is 3.07. The number of aromatic nitrogens is 2. The van der Waals surface area contributed by atoms with Crippen LogP contribution in [0.25, 0.3) is 22.4 Å². The van der Waals surface area contributed by atoms with Crippen molar-refractivity contribution in [3.8, 4) is 11.4 Å². The number of carbonyl (C=O) groups excluding carboxylic acids is 1. The minimum atomic E-state index is -0.163. The van der Waals surface area contributed by atoms with Crippen molar-refractivity contribution in [3.63, 3.8) is 0 Å². The van der Waals surface area contributed by atoms with Gasteiger partial charge in [-0.25, -0.2) is 4.98 Å². The standard InChI is InChI=1S/C20H12Cl2N2O/c21-14-9-10-16(22)15(11-14)19(25)12-5-7-13(8-6-12)20-23-17-3-1-2-4-18(17)24-20/h1-11H,(H,23,24). The molecule has 3 nitrogen and oxygen atoms in total. The Bertz CT molecular complexity index is 1050. The van der Waals surface area contributed by atoms with Gasteiger partial charge in [-0.15, -0.1) is 0 Å². The Morgan fingerprint density at radius 2 is 1.68 bits per heavy atom. The number of fused-ring (bicyclic) bond motifs is 1. The molecule has 1 N–H and O–H groups in total. The second kappa shape index (κ2) is 6.36. The van der Waals surface area contributed by atoms with Crippen LogP contribution in [0.2, 0.25) is 10.0 Å². The summed E-state index contributed by atoms with van der Waals surface area (Å²) in [5.74, 6) is 0.602. The summed E-state index contributed by atoms with van der Waals surface area (Å²) in [6.45, 7) is 0. The first kappa shape index (κ1) is 15.9. The van der Waals surface area contributed by atoms with Crippen molar-refractivity contribution in [1.82, 2.24) is 9.97 Å². The number of halogens is 2. The Morgan fingerprint density at radius 3 is 2.44 bits per heavy atom. The number of imidazole rings is 1. The van der Waals surface area contributed by atoms with E-state index in [2.05, 4.69) is 9.97 Å². The highest BCUT2D eigenvalue weighted by molar-refractivity contribution is 6.36. The molecule has 0 radical (unpaired) electrons. The largest absolute Gasteiger partial charge is 0.338 e. The molecule has 4 aromatic rings. The summed E-state index contributed by atoms with van der Waals surface area (Å²) in [6.07, 6.45) is 0. The maximum absolute atomic E-state index is 12.6. The summed E-state index contributed by atoms with van der Waals surface area (Å²) in [6, 6.07) is 20.0. The van der Waals surface area contributed by atoms with E-state index in [1.165, 1.54) is 0 Å². The fourth-order valence-electron chi connectivity index (χ4n) is 2.70. The summed E-state index contributed by atoms with van der Waals surface area (Å²) in [5, 5.41) is 0.863. The van der Waals surface area contributed by atoms with Crippen LogP contribution in [0.15, 0.2) is 66.7 Å². The number of benzene rings is 3. The van der Waals surface area contributed by atoms with E-state index in [0.29, 0.717) is 21.2 Å². The van der Waals surface area contributed by atoms with Crippen LogP contribution < -0.4 is 0 Å². The van der Waals surface area contributed by atoms with Gasteiger partial charge in [-0.1, -0.05) is 59.6 Å². The molecule has 25 heavy (non-hydrogen) atoms. The summed E-state index contributed by atoms with van der Waals surface area (Å²) >= 11 is 12.1. The summed E-state index contributed by atoms with van der Waals surface area (Å²) in [4.78, 5) is 20.5. The molecule has 0 bridgehead atoms. The predicted octanol–water partition coefficient (Wildman–Crippen LogP) is 5.77. The van der Waals surface area contributed by atoms with Crippen LogP contribution in [0.3, 0.4) is 0 Å². The number of para-hydroxylation sites is 2. The third-order valence-electron chi connectivity index (χ3n) is 3.98. The Labute approximate surface area is 154 Å². The number of aromatic amines is 1. The van der Waals surface area contributed by atoms with Crippen molar-refractivity contribution in [2.45, 2.75) is 0 Å². The van der Waals surface area contributed by atoms with E-state index in [4.69, 9.17) is 23.2 Å². The second-order valence-electron chi connectivity index (χ2n) is 5.63. The SMILES string of the molecule is O=C(c1ccc(-c2nc3ccccc3[nH]2)cc1)c1cc(Cl)ccc1Cl. The molecule has 1 heterocycles. The molecule has 5 heteroatoms. The molecule has 0 aliphatic rings. The van der Waals surface area contributed by atoms with Crippen molar-refractivity contribution in [1.29, 1.82) is 0 Å². The maximum atomic E-state index is 12.6. The van der Waals surface area contributed by atoms with Crippen LogP contribution in [0.5, 0.6) is 0 Å². The number of H-pyrrole nitrogens is 1. The van der Waals surface area contributed by atoms with Crippen molar-refractivity contribution < 1.29 is 4.79 Å². The third kappa shape index (κ3) is 3.04. The Balaban J connectivity index is 1.67. The first-order valence-corrected chi connectivity index (χ1v) is 8.42. The molecule has 4 rings (SSSR count). The highest BCUT2D eigenvalue weighted by Crippen LogP contribution is 2.25. The van der Waals surface area contributed by atoms with Gasteiger partial charge < -0.3 is 4.98 Å². The number of hydrogen-bond donors (Lipinski definition) is 1. The lowest BCUT2D eigenvalue weighted by Gasteiger charge is -2.05. The van der Waals surface area contributed by atoms with Gasteiger partial charge in [0.1, 0.15) is 5.82 Å². The molecule has 0 aliphatic carbocycles. The zero-order valence-corrected chi connectivity index (χ0v) is 14.5. The zero-order valence-electron chi connectivity index (χ0n) is 13.0. The van der Waals surface area contributed by atoms with Crippen LogP contribution in [-0.4, -0.2) is 15.8 Å². The maximum Gasteiger partial charge on any atom is 0.194 e. The monoisotopic (exact) mass is 366 g/mol. The molecule has 0 fully saturated rings. The molecule has 0 aliphatic heterocycles. The first-order chi connectivity index (χ1) is 12.1. The highest BCUT2D eigenvalue weighted by atomic mass is 35.5. The molecule has 0 saturated heterocycles. The number of hydrogen-bond acceptors (Lipinski definition) is 2. The topological polar surface area (TPSA) is 45.8 Å². The van der Waals surface area contributed by atoms with E-state index in [1.54, 1.807) is 30.3 Å². The summed E-state index contributed by atoms with van der Waals surface area (Å²) in [7, 11) is 0. The molecule has 3 aromatic carbocycles. The average molecular weight is 367 g/mol. The minimum absolute atomic E-state index is 0.163. The molecular formula is C20H12Cl2N2O. The third-order valence-corrected chi connectivity index (χ3v) is 4.55. The molecule has 0 unspecified atom stereocenters. The van der Waals surface area contributed by atoms with Gasteiger partial charge in [0.05, 0.1) is 16.1 Å². The van der Waals surface area contributed by atoms with Crippen molar-refractivity contribution >= 4 is 40.0 Å². The lowest BCUT2D eigenvalue weighted by molar-refractivity contribution is 0.103. The first-order valence-electron chi connectivity index (χ1n) is 7.67. The fraction of sp³-hybridized carbons (Fsp3) is 0. The number of nitrogens with one attached hydrogen (secondary N) is 1. The molecule has 0 saturated carbocycles. The summed E-state index contributed by atoms with van der Waals surface area (Å²) in [5.41, 5.74) is 3.73. The van der Waals surface area contributed by atoms with Gasteiger partial charge >= 0.3 is 0 Å². The van der Waals surface area contributed by atoms with E-state index in [9.17, 15) is 4.79 Å². The molecule has 1 aromatic heterocycles. The van der Waals surface area contributed by atoms with E-state index in [-0.39, 0.29) is 5.78 Å². The van der Waals surface area contributed by atoms with E-state index < -0.39 is 0 Å². The smallest absolute Gasteiger partial charge is 0.194 e. The lowest BCUT2D eigenvalue weighted by Crippen LogP contribution is -2.02. The van der Waals surface area contributed by atoms with Crippen LogP contribution in [-0.2, 0) is 0 Å². The zero-order chi connectivity index (χ0) is 17.4. The number of ketones is 1. The Hall–Kier alpha value is -2.62. The lowest BCUT2D eigenvalue weighted by atomic mass is 10.0. The van der Waals surface area contributed by atoms with Crippen LogP contribution in [0.1, 0.15) is 15.9 Å². The van der Waals surface area contributed by atoms with Crippen LogP contribution >= 0.6 is 23.2 Å². The number of nitrogens with zero attached hydrogens (tertiary/aromatic N) is 1. The van der Waals surface area contributed by atoms with Gasteiger partial charge in [0.15, 0.2) is 5.78 Å². The van der Waals surface area contributed by atoms with Gasteiger partial charge in [0.25, 0.3) is 0 Å². The summed E-state index contributed by atoms with van der Waals surface area (Å²) < 4.78 is 0. The molecule has 0 amide bonds. The normalized spacial score (nSPS) is 11.0. The van der Waals surface area contributed by atoms with Crippen molar-refractivity contribution in [2.75, 3.05) is 0 Å². The quantitative estimate of drug-likeness (QED) is 0.468. The van der Waals surface area contributed by atoms with Gasteiger partial charge in [-0.3, -0.25) is 4.79 Å². The van der Waals surface area contributed by atoms with E-state index in [1.807, 2.05) is 36.4 Å². The van der Waals surface area contributed by atoms with Gasteiger partial charge in [-0.05, 0) is 30.3 Å². The molecule has 122 valence electrons. The second-order valence-corrected chi connectivity index (χ2v) is 6.48. The van der Waals surface area contributed by atoms with Crippen molar-refractivity contribution in [3.05, 3.63) is 87.9 Å². The Morgan fingerprint density at radius 1 is 0.920 bits per heavy atom. The van der Waals surface area contributed by atoms with Gasteiger partial charge in [-0.2, -0.15) is 0 Å². The van der Waals surface area contributed by atoms with Crippen LogP contribution in [0.4, 0.5) is 0 Å².